The highest BCUT2D eigenvalue weighted by molar-refractivity contribution is 6.37. The molecule has 1 aromatic carbocycles. The summed E-state index contributed by atoms with van der Waals surface area (Å²) in [5.74, 6) is 1.45. The summed E-state index contributed by atoms with van der Waals surface area (Å²) in [5.41, 5.74) is 5.54. The number of halogens is 1. The van der Waals surface area contributed by atoms with Gasteiger partial charge in [-0.2, -0.15) is 0 Å². The maximum Gasteiger partial charge on any atom is 0.260 e. The summed E-state index contributed by atoms with van der Waals surface area (Å²) in [6.07, 6.45) is 5.29. The molecule has 9 heteroatoms. The summed E-state index contributed by atoms with van der Waals surface area (Å²) in [6.45, 7) is 10.8. The van der Waals surface area contributed by atoms with Gasteiger partial charge in [-0.15, -0.1) is 0 Å². The first-order valence-electron chi connectivity index (χ1n) is 11.1. The Bertz CT molecular complexity index is 1090. The van der Waals surface area contributed by atoms with E-state index in [-0.39, 0.29) is 18.4 Å². The Kier molecular flexibility index (Phi) is 6.97. The van der Waals surface area contributed by atoms with Gasteiger partial charge in [-0.3, -0.25) is 9.69 Å². The molecule has 0 bridgehead atoms. The molecular weight excluding hydrogens is 442 g/mol. The van der Waals surface area contributed by atoms with Gasteiger partial charge in [-0.25, -0.2) is 20.3 Å². The van der Waals surface area contributed by atoms with E-state index in [4.69, 9.17) is 21.2 Å². The third-order valence-electron chi connectivity index (χ3n) is 5.58. The van der Waals surface area contributed by atoms with Crippen LogP contribution in [0.1, 0.15) is 44.7 Å². The van der Waals surface area contributed by atoms with Crippen LogP contribution < -0.4 is 10.8 Å². The van der Waals surface area contributed by atoms with E-state index in [1.165, 1.54) is 0 Å². The summed E-state index contributed by atoms with van der Waals surface area (Å²) in [5, 5.41) is 3.63. The lowest BCUT2D eigenvalue weighted by Gasteiger charge is -2.30. The number of hydrogen-bond acceptors (Lipinski definition) is 7. The zero-order chi connectivity index (χ0) is 23.5. The van der Waals surface area contributed by atoms with Crippen molar-refractivity contribution in [2.45, 2.75) is 46.1 Å². The van der Waals surface area contributed by atoms with Crippen LogP contribution in [-0.4, -0.2) is 48.1 Å². The Morgan fingerprint density at radius 2 is 2.30 bits per heavy atom. The zero-order valence-corrected chi connectivity index (χ0v) is 19.8. The molecule has 3 heterocycles. The summed E-state index contributed by atoms with van der Waals surface area (Å²) in [7, 11) is 0. The number of carbonyl (C=O) groups is 1. The summed E-state index contributed by atoms with van der Waals surface area (Å²) in [4.78, 5) is 29.3. The highest BCUT2D eigenvalue weighted by atomic mass is 35.5. The van der Waals surface area contributed by atoms with E-state index in [1.54, 1.807) is 11.0 Å². The third kappa shape index (κ3) is 4.88. The van der Waals surface area contributed by atoms with Crippen molar-refractivity contribution in [1.82, 2.24) is 15.7 Å². The third-order valence-corrected chi connectivity index (χ3v) is 5.90. The van der Waals surface area contributed by atoms with Crippen molar-refractivity contribution < 1.29 is 14.4 Å². The first kappa shape index (κ1) is 23.2. The Morgan fingerprint density at radius 1 is 1.48 bits per heavy atom. The molecule has 0 spiro atoms. The number of aliphatic imine (C=N–C) groups is 2. The van der Waals surface area contributed by atoms with Gasteiger partial charge in [-0.05, 0) is 45.8 Å². The van der Waals surface area contributed by atoms with Gasteiger partial charge in [0, 0.05) is 40.4 Å². The van der Waals surface area contributed by atoms with Crippen molar-refractivity contribution in [3.8, 4) is 0 Å². The second-order valence-corrected chi connectivity index (χ2v) is 8.28. The molecule has 2 atom stereocenters. The van der Waals surface area contributed by atoms with E-state index in [9.17, 15) is 4.79 Å². The minimum absolute atomic E-state index is 0.0963. The molecule has 1 aromatic rings. The van der Waals surface area contributed by atoms with Gasteiger partial charge in [0.15, 0.2) is 12.1 Å². The molecule has 4 rings (SSSR count). The van der Waals surface area contributed by atoms with Gasteiger partial charge in [0.1, 0.15) is 17.9 Å². The van der Waals surface area contributed by atoms with Crippen LogP contribution in [0.15, 0.2) is 58.3 Å². The molecule has 2 unspecified atom stereocenters. The topological polar surface area (TPSA) is 87.6 Å². The minimum atomic E-state index is -0.265. The van der Waals surface area contributed by atoms with Crippen molar-refractivity contribution in [3.05, 3.63) is 64.5 Å². The molecule has 0 aromatic heterocycles. The summed E-state index contributed by atoms with van der Waals surface area (Å²) >= 11 is 6.62. The molecule has 3 aliphatic heterocycles. The molecule has 1 amide bonds. The van der Waals surface area contributed by atoms with Crippen LogP contribution in [0.5, 0.6) is 0 Å². The minimum Gasteiger partial charge on any atom is -0.359 e. The van der Waals surface area contributed by atoms with E-state index in [2.05, 4.69) is 27.4 Å². The van der Waals surface area contributed by atoms with Crippen molar-refractivity contribution in [2.24, 2.45) is 9.98 Å². The largest absolute Gasteiger partial charge is 0.359 e. The fraction of sp³-hybridized carbons (Fsp3) is 0.375. The van der Waals surface area contributed by atoms with Crippen LogP contribution in [-0.2, 0) is 14.4 Å². The highest BCUT2D eigenvalue weighted by Gasteiger charge is 2.31. The average Bonchev–Trinajstić information content (AvgIpc) is 3.46. The van der Waals surface area contributed by atoms with Gasteiger partial charge < -0.3 is 10.1 Å². The normalized spacial score (nSPS) is 25.3. The van der Waals surface area contributed by atoms with Crippen LogP contribution in [0.2, 0.25) is 5.02 Å². The Labute approximate surface area is 198 Å². The second kappa shape index (κ2) is 9.91. The van der Waals surface area contributed by atoms with Crippen molar-refractivity contribution in [2.75, 3.05) is 13.2 Å². The Balaban J connectivity index is 1.65. The zero-order valence-electron chi connectivity index (χ0n) is 19.0. The average molecular weight is 470 g/mol. The van der Waals surface area contributed by atoms with Crippen LogP contribution >= 0.6 is 11.6 Å². The monoisotopic (exact) mass is 469 g/mol. The van der Waals surface area contributed by atoms with Gasteiger partial charge in [0.05, 0.1) is 0 Å². The Hall–Kier alpha value is -2.94. The van der Waals surface area contributed by atoms with Crippen LogP contribution in [0.3, 0.4) is 0 Å². The van der Waals surface area contributed by atoms with Crippen LogP contribution in [0.4, 0.5) is 0 Å². The van der Waals surface area contributed by atoms with Gasteiger partial charge >= 0.3 is 0 Å². The van der Waals surface area contributed by atoms with Gasteiger partial charge in [-0.1, -0.05) is 36.4 Å². The number of benzene rings is 1. The molecule has 8 nitrogen and oxygen atoms in total. The number of hydrogen-bond donors (Lipinski definition) is 2. The maximum absolute atomic E-state index is 13.5. The number of carbonyl (C=O) groups excluding carboxylic acids is 1. The van der Waals surface area contributed by atoms with Crippen molar-refractivity contribution in [1.29, 1.82) is 0 Å². The lowest BCUT2D eigenvalue weighted by Crippen LogP contribution is -2.41. The van der Waals surface area contributed by atoms with E-state index < -0.39 is 0 Å². The summed E-state index contributed by atoms with van der Waals surface area (Å²) in [6, 6.07) is 5.47. The van der Waals surface area contributed by atoms with E-state index in [0.717, 1.165) is 30.6 Å². The van der Waals surface area contributed by atoms with Crippen LogP contribution in [0, 0.1) is 0 Å². The van der Waals surface area contributed by atoms with Crippen molar-refractivity contribution in [3.63, 3.8) is 0 Å². The molecule has 1 saturated heterocycles. The lowest BCUT2D eigenvalue weighted by molar-refractivity contribution is -0.121. The molecule has 0 saturated carbocycles. The molecular formula is C24H28ClN5O3. The first-order chi connectivity index (χ1) is 15.9. The SMILES string of the molecule is C=C(/N=C1\C(=C/C)C=C(c2ccc(C3=NC(C)ON3)cc2Cl)C(=O)N1CC)NC1CCCO1. The number of nitrogens with one attached hydrogen (secondary N) is 2. The number of nitrogens with zero attached hydrogens (tertiary/aromatic N) is 3. The fourth-order valence-electron chi connectivity index (χ4n) is 3.93. The van der Waals surface area contributed by atoms with Crippen LogP contribution in [0.25, 0.3) is 5.57 Å². The van der Waals surface area contributed by atoms with E-state index in [1.807, 2.05) is 45.1 Å². The smallest absolute Gasteiger partial charge is 0.260 e. The lowest BCUT2D eigenvalue weighted by atomic mass is 9.95. The Morgan fingerprint density at radius 3 is 2.91 bits per heavy atom. The summed E-state index contributed by atoms with van der Waals surface area (Å²) < 4.78 is 5.60. The molecule has 1 fully saturated rings. The number of ether oxygens (including phenoxy) is 1. The number of allylic oxidation sites excluding steroid dienone is 1. The van der Waals surface area contributed by atoms with Gasteiger partial charge in [0.2, 0.25) is 0 Å². The molecule has 33 heavy (non-hydrogen) atoms. The number of hydroxylamine groups is 1. The van der Waals surface area contributed by atoms with E-state index >= 15 is 0 Å². The maximum atomic E-state index is 13.5. The molecule has 3 aliphatic rings. The predicted molar refractivity (Wildman–Crippen MR) is 129 cm³/mol. The van der Waals surface area contributed by atoms with Crippen molar-refractivity contribution >= 4 is 34.8 Å². The number of rotatable bonds is 6. The number of amidine groups is 2. The molecule has 0 aliphatic carbocycles. The predicted octanol–water partition coefficient (Wildman–Crippen LogP) is 3.76. The fourth-order valence-corrected chi connectivity index (χ4v) is 4.21. The highest BCUT2D eigenvalue weighted by Crippen LogP contribution is 2.32. The number of amides is 1. The molecule has 0 radical (unpaired) electrons. The van der Waals surface area contributed by atoms with Gasteiger partial charge in [0.25, 0.3) is 5.91 Å². The number of likely N-dealkylation sites (N-methyl/N-ethyl adjacent to an activating group) is 1. The standard InChI is InChI=1S/C24H28ClN5O3/c1-5-16-12-19(18-10-9-17(13-20(18)25)22-28-15(4)33-29-22)24(31)30(6-2)23(16)27-14(3)26-21-8-7-11-32-21/h5,9-10,12-13,15,21,26H,3,6-8,11H2,1-2,4H3,(H,28,29)/b16-5-,27-23+. The second-order valence-electron chi connectivity index (χ2n) is 7.87. The first-order valence-corrected chi connectivity index (χ1v) is 11.4. The molecule has 174 valence electrons. The van der Waals surface area contributed by atoms with E-state index in [0.29, 0.717) is 40.2 Å². The quantitative estimate of drug-likeness (QED) is 0.662. The molecule has 2 N–H and O–H groups in total.